The predicted octanol–water partition coefficient (Wildman–Crippen LogP) is 6.03. The van der Waals surface area contributed by atoms with Gasteiger partial charge in [-0.15, -0.1) is 0 Å². The number of hydrogen-bond donors (Lipinski definition) is 0. The van der Waals surface area contributed by atoms with Crippen molar-refractivity contribution in [2.75, 3.05) is 49.2 Å². The van der Waals surface area contributed by atoms with Gasteiger partial charge in [0.25, 0.3) is 0 Å². The second kappa shape index (κ2) is 11.8. The Morgan fingerprint density at radius 2 is 1.37 bits per heavy atom. The lowest BCUT2D eigenvalue weighted by Crippen LogP contribution is -2.33. The van der Waals surface area contributed by atoms with E-state index in [0.29, 0.717) is 36.0 Å². The summed E-state index contributed by atoms with van der Waals surface area (Å²) in [4.78, 5) is 22.7. The maximum Gasteiger partial charge on any atom is 0.341 e. The highest BCUT2D eigenvalue weighted by molar-refractivity contribution is 5.96. The zero-order valence-corrected chi connectivity index (χ0v) is 23.4. The molecule has 0 saturated heterocycles. The Bertz CT molecular complexity index is 1270. The molecule has 0 N–H and O–H groups in total. The molecule has 2 aromatic carbocycles. The molecule has 0 radical (unpaired) electrons. The Kier molecular flexibility index (Phi) is 8.45. The van der Waals surface area contributed by atoms with Gasteiger partial charge in [-0.1, -0.05) is 0 Å². The molecule has 38 heavy (non-hydrogen) atoms. The van der Waals surface area contributed by atoms with Crippen molar-refractivity contribution in [3.8, 4) is 11.5 Å². The second-order valence-electron chi connectivity index (χ2n) is 9.04. The van der Waals surface area contributed by atoms with Gasteiger partial charge in [0.1, 0.15) is 17.2 Å². The van der Waals surface area contributed by atoms with E-state index in [1.807, 2.05) is 32.0 Å². The lowest BCUT2D eigenvalue weighted by Gasteiger charge is -2.34. The largest absolute Gasteiger partial charge is 0.493 e. The summed E-state index contributed by atoms with van der Waals surface area (Å²) in [5.74, 6) is 0.878. The van der Waals surface area contributed by atoms with Crippen molar-refractivity contribution in [3.05, 3.63) is 77.1 Å². The van der Waals surface area contributed by atoms with Crippen LogP contribution in [0.1, 0.15) is 68.7 Å². The van der Waals surface area contributed by atoms with Gasteiger partial charge in [0.05, 0.1) is 24.3 Å². The first-order valence-electron chi connectivity index (χ1n) is 13.7. The van der Waals surface area contributed by atoms with E-state index in [-0.39, 0.29) is 0 Å². The van der Waals surface area contributed by atoms with Gasteiger partial charge in [-0.3, -0.25) is 4.98 Å². The Morgan fingerprint density at radius 3 is 2.00 bits per heavy atom. The van der Waals surface area contributed by atoms with Gasteiger partial charge in [0.2, 0.25) is 5.60 Å². The van der Waals surface area contributed by atoms with Gasteiger partial charge in [0, 0.05) is 55.4 Å². The fourth-order valence-corrected chi connectivity index (χ4v) is 5.33. The molecule has 2 heterocycles. The van der Waals surface area contributed by atoms with Crippen molar-refractivity contribution in [2.45, 2.75) is 47.1 Å². The van der Waals surface area contributed by atoms with E-state index in [1.54, 1.807) is 18.3 Å². The van der Waals surface area contributed by atoms with Crippen LogP contribution < -0.4 is 19.3 Å². The summed E-state index contributed by atoms with van der Waals surface area (Å²) in [7, 11) is 0. The number of esters is 1. The minimum atomic E-state index is -1.34. The van der Waals surface area contributed by atoms with Crippen LogP contribution >= 0.6 is 0 Å². The van der Waals surface area contributed by atoms with Crippen LogP contribution in [0.4, 0.5) is 11.4 Å². The van der Waals surface area contributed by atoms with Crippen molar-refractivity contribution in [3.63, 3.8) is 0 Å². The number of anilines is 2. The van der Waals surface area contributed by atoms with Crippen LogP contribution in [0.2, 0.25) is 0 Å². The molecule has 202 valence electrons. The summed E-state index contributed by atoms with van der Waals surface area (Å²) in [5.41, 5.74) is 3.16. The Balaban J connectivity index is 2.08. The maximum absolute atomic E-state index is 13.4. The van der Waals surface area contributed by atoms with Crippen LogP contribution in [0.3, 0.4) is 0 Å². The standard InChI is InChI=1S/C31H39N3O4/c1-7-33(8-2)22-16-18-27(36-11-5)26(20-22)31(29-24(30(35)38-31)14-13-19-32-29)25-17-15-23(34(9-3)10-4)21-28(25)37-12-6/h13-21H,7-12H2,1-6H3. The number of carbonyl (C=O) groups is 1. The van der Waals surface area contributed by atoms with Crippen molar-refractivity contribution in [2.24, 2.45) is 0 Å². The molecule has 1 aromatic heterocycles. The number of nitrogens with zero attached hydrogens (tertiary/aromatic N) is 3. The smallest absolute Gasteiger partial charge is 0.341 e. The normalized spacial score (nSPS) is 16.1. The van der Waals surface area contributed by atoms with E-state index in [1.165, 1.54) is 0 Å². The fourth-order valence-electron chi connectivity index (χ4n) is 5.33. The molecule has 3 aromatic rings. The summed E-state index contributed by atoms with van der Waals surface area (Å²) in [6.45, 7) is 16.8. The number of fused-ring (bicyclic) bond motifs is 1. The van der Waals surface area contributed by atoms with E-state index in [4.69, 9.17) is 19.2 Å². The lowest BCUT2D eigenvalue weighted by molar-refractivity contribution is 0.0228. The molecule has 0 spiro atoms. The molecule has 0 aliphatic carbocycles. The molecule has 1 atom stereocenters. The first-order chi connectivity index (χ1) is 18.5. The zero-order chi connectivity index (χ0) is 27.3. The number of benzene rings is 2. The number of rotatable bonds is 12. The average Bonchev–Trinajstić information content (AvgIpc) is 3.24. The zero-order valence-electron chi connectivity index (χ0n) is 23.4. The van der Waals surface area contributed by atoms with E-state index < -0.39 is 11.6 Å². The molecule has 1 aliphatic heterocycles. The molecule has 1 aliphatic rings. The number of hydrogen-bond acceptors (Lipinski definition) is 7. The molecule has 7 nitrogen and oxygen atoms in total. The second-order valence-corrected chi connectivity index (χ2v) is 9.04. The molecule has 7 heteroatoms. The van der Waals surface area contributed by atoms with Crippen LogP contribution in [0.15, 0.2) is 54.7 Å². The number of cyclic esters (lactones) is 1. The van der Waals surface area contributed by atoms with Crippen LogP contribution in [-0.2, 0) is 10.3 Å². The summed E-state index contributed by atoms with van der Waals surface area (Å²) in [6, 6.07) is 15.7. The van der Waals surface area contributed by atoms with E-state index in [0.717, 1.165) is 48.7 Å². The topological polar surface area (TPSA) is 64.1 Å². The van der Waals surface area contributed by atoms with Crippen molar-refractivity contribution in [1.82, 2.24) is 4.98 Å². The van der Waals surface area contributed by atoms with Crippen LogP contribution in [0.25, 0.3) is 0 Å². The fraction of sp³-hybridized carbons (Fsp3) is 0.419. The average molecular weight is 518 g/mol. The van der Waals surface area contributed by atoms with Gasteiger partial charge in [-0.25, -0.2) is 4.79 Å². The third kappa shape index (κ3) is 4.66. The highest BCUT2D eigenvalue weighted by Gasteiger charge is 2.53. The first kappa shape index (κ1) is 27.3. The molecule has 1 unspecified atom stereocenters. The summed E-state index contributed by atoms with van der Waals surface area (Å²) >= 11 is 0. The highest BCUT2D eigenvalue weighted by Crippen LogP contribution is 2.52. The van der Waals surface area contributed by atoms with E-state index in [9.17, 15) is 4.79 Å². The Hall–Kier alpha value is -3.74. The minimum absolute atomic E-state index is 0.418. The Labute approximate surface area is 226 Å². The third-order valence-electron chi connectivity index (χ3n) is 7.15. The predicted molar refractivity (Wildman–Crippen MR) is 152 cm³/mol. The quantitative estimate of drug-likeness (QED) is 0.272. The minimum Gasteiger partial charge on any atom is -0.493 e. The van der Waals surface area contributed by atoms with Crippen molar-refractivity contribution in [1.29, 1.82) is 0 Å². The van der Waals surface area contributed by atoms with E-state index >= 15 is 0 Å². The molecule has 0 fully saturated rings. The highest BCUT2D eigenvalue weighted by atomic mass is 16.6. The molecule has 0 saturated carbocycles. The lowest BCUT2D eigenvalue weighted by atomic mass is 9.81. The number of ether oxygens (including phenoxy) is 3. The number of carbonyl (C=O) groups excluding carboxylic acids is 1. The van der Waals surface area contributed by atoms with Gasteiger partial charge >= 0.3 is 5.97 Å². The van der Waals surface area contributed by atoms with Gasteiger partial charge in [-0.2, -0.15) is 0 Å². The van der Waals surface area contributed by atoms with Gasteiger partial charge in [0.15, 0.2) is 0 Å². The summed E-state index contributed by atoms with van der Waals surface area (Å²) in [6.07, 6.45) is 1.70. The summed E-state index contributed by atoms with van der Waals surface area (Å²) in [5, 5.41) is 0. The van der Waals surface area contributed by atoms with Crippen LogP contribution in [0, 0.1) is 0 Å². The molecular weight excluding hydrogens is 478 g/mol. The molecule has 4 rings (SSSR count). The van der Waals surface area contributed by atoms with Crippen molar-refractivity contribution < 1.29 is 19.0 Å². The SMILES string of the molecule is CCOc1cc(N(CC)CC)ccc1C1(c2cc(N(CC)CC)ccc2OCC)OC(=O)c2cccnc21. The molecule has 0 amide bonds. The van der Waals surface area contributed by atoms with E-state index in [2.05, 4.69) is 55.7 Å². The molecule has 0 bridgehead atoms. The van der Waals surface area contributed by atoms with Crippen LogP contribution in [-0.4, -0.2) is 50.3 Å². The molecular formula is C31H39N3O4. The van der Waals surface area contributed by atoms with Crippen molar-refractivity contribution >= 4 is 17.3 Å². The van der Waals surface area contributed by atoms with Crippen LogP contribution in [0.5, 0.6) is 11.5 Å². The van der Waals surface area contributed by atoms with Gasteiger partial charge < -0.3 is 24.0 Å². The summed E-state index contributed by atoms with van der Waals surface area (Å²) < 4.78 is 18.8. The maximum atomic E-state index is 13.4. The number of aromatic nitrogens is 1. The number of pyridine rings is 1. The first-order valence-corrected chi connectivity index (χ1v) is 13.7. The third-order valence-corrected chi connectivity index (χ3v) is 7.15. The Morgan fingerprint density at radius 1 is 0.763 bits per heavy atom. The van der Waals surface area contributed by atoms with Gasteiger partial charge in [-0.05, 0) is 84.0 Å². The monoisotopic (exact) mass is 517 g/mol.